The van der Waals surface area contributed by atoms with E-state index in [0.717, 1.165) is 12.8 Å². The number of hydrogen-bond donors (Lipinski definition) is 0. The van der Waals surface area contributed by atoms with Crippen molar-refractivity contribution in [3.8, 4) is 0 Å². The average Bonchev–Trinajstić information content (AvgIpc) is 2.74. The number of likely N-dealkylation sites (N-methyl/N-ethyl adjacent to an activating group) is 1. The van der Waals surface area contributed by atoms with Crippen LogP contribution in [0.5, 0.6) is 0 Å². The zero-order valence-corrected chi connectivity index (χ0v) is 11.7. The highest BCUT2D eigenvalue weighted by atomic mass is 16.5. The number of hydrogen-bond acceptors (Lipinski definition) is 2. The number of allylic oxidation sites excluding steroid dienone is 1. The fourth-order valence-corrected chi connectivity index (χ4v) is 2.97. The molecule has 1 heterocycles. The molecule has 0 saturated heterocycles. The van der Waals surface area contributed by atoms with Gasteiger partial charge in [0.2, 0.25) is 0 Å². The van der Waals surface area contributed by atoms with Crippen molar-refractivity contribution in [3.05, 3.63) is 59.3 Å². The second-order valence-electron chi connectivity index (χ2n) is 5.50. The zero-order valence-electron chi connectivity index (χ0n) is 11.7. The fourth-order valence-electron chi connectivity index (χ4n) is 2.97. The van der Waals surface area contributed by atoms with Crippen molar-refractivity contribution >= 4 is 0 Å². The molecule has 0 saturated carbocycles. The SMILES string of the molecule is CC1CC2=C(C(OCc3ccccc3)CC=C2)N1C. The molecule has 0 spiro atoms. The van der Waals surface area contributed by atoms with Crippen LogP contribution in [0.2, 0.25) is 0 Å². The molecule has 2 unspecified atom stereocenters. The molecule has 0 aromatic heterocycles. The maximum Gasteiger partial charge on any atom is 0.101 e. The van der Waals surface area contributed by atoms with Gasteiger partial charge in [0.05, 0.1) is 6.61 Å². The number of nitrogens with zero attached hydrogens (tertiary/aromatic N) is 1. The van der Waals surface area contributed by atoms with Gasteiger partial charge in [0.25, 0.3) is 0 Å². The van der Waals surface area contributed by atoms with Crippen LogP contribution in [0.25, 0.3) is 0 Å². The molecule has 3 rings (SSSR count). The molecule has 1 aromatic carbocycles. The molecule has 2 nitrogen and oxygen atoms in total. The van der Waals surface area contributed by atoms with E-state index in [1.54, 1.807) is 0 Å². The second kappa shape index (κ2) is 5.22. The van der Waals surface area contributed by atoms with Gasteiger partial charge in [-0.05, 0) is 30.9 Å². The summed E-state index contributed by atoms with van der Waals surface area (Å²) >= 11 is 0. The standard InChI is InChI=1S/C17H21NO/c1-13-11-15-9-6-10-16(17(15)18(13)2)19-12-14-7-4-3-5-8-14/h3-9,13,16H,10-12H2,1-2H3. The maximum atomic E-state index is 6.15. The minimum Gasteiger partial charge on any atom is -0.372 e. The molecule has 19 heavy (non-hydrogen) atoms. The first-order chi connectivity index (χ1) is 9.25. The molecule has 0 radical (unpaired) electrons. The Morgan fingerprint density at radius 3 is 2.84 bits per heavy atom. The van der Waals surface area contributed by atoms with Gasteiger partial charge in [0, 0.05) is 18.8 Å². The Hall–Kier alpha value is -1.54. The highest BCUT2D eigenvalue weighted by molar-refractivity contribution is 5.36. The summed E-state index contributed by atoms with van der Waals surface area (Å²) in [6.07, 6.45) is 6.88. The lowest BCUT2D eigenvalue weighted by atomic mass is 10.0. The normalized spacial score (nSPS) is 25.9. The molecule has 100 valence electrons. The first kappa shape index (κ1) is 12.5. The molecule has 2 aliphatic rings. The Morgan fingerprint density at radius 1 is 1.26 bits per heavy atom. The average molecular weight is 255 g/mol. The first-order valence-corrected chi connectivity index (χ1v) is 7.03. The third-order valence-electron chi connectivity index (χ3n) is 4.15. The fraction of sp³-hybridized carbons (Fsp3) is 0.412. The van der Waals surface area contributed by atoms with Crippen LogP contribution in [0.15, 0.2) is 53.8 Å². The summed E-state index contributed by atoms with van der Waals surface area (Å²) in [6, 6.07) is 11.0. The van der Waals surface area contributed by atoms with Crippen molar-refractivity contribution < 1.29 is 4.74 Å². The van der Waals surface area contributed by atoms with Crippen LogP contribution in [0, 0.1) is 0 Å². The van der Waals surface area contributed by atoms with Gasteiger partial charge in [-0.3, -0.25) is 0 Å². The predicted octanol–water partition coefficient (Wildman–Crippen LogP) is 3.51. The minimum absolute atomic E-state index is 0.218. The lowest BCUT2D eigenvalue weighted by molar-refractivity contribution is 0.0478. The molecule has 1 aromatic rings. The van der Waals surface area contributed by atoms with Gasteiger partial charge in [0.15, 0.2) is 0 Å². The largest absolute Gasteiger partial charge is 0.372 e. The van der Waals surface area contributed by atoms with Crippen molar-refractivity contribution in [3.63, 3.8) is 0 Å². The minimum atomic E-state index is 0.218. The first-order valence-electron chi connectivity index (χ1n) is 7.03. The van der Waals surface area contributed by atoms with Crippen molar-refractivity contribution in [1.29, 1.82) is 0 Å². The van der Waals surface area contributed by atoms with Gasteiger partial charge in [-0.1, -0.05) is 42.5 Å². The van der Waals surface area contributed by atoms with Gasteiger partial charge in [-0.2, -0.15) is 0 Å². The molecule has 1 aliphatic carbocycles. The molecule has 1 aliphatic heterocycles. The van der Waals surface area contributed by atoms with Crippen LogP contribution in [0.3, 0.4) is 0 Å². The molecule has 0 amide bonds. The molecular formula is C17H21NO. The highest BCUT2D eigenvalue weighted by Gasteiger charge is 2.32. The van der Waals surface area contributed by atoms with E-state index >= 15 is 0 Å². The predicted molar refractivity (Wildman–Crippen MR) is 77.6 cm³/mol. The second-order valence-corrected chi connectivity index (χ2v) is 5.50. The smallest absolute Gasteiger partial charge is 0.101 e. The summed E-state index contributed by atoms with van der Waals surface area (Å²) in [4.78, 5) is 2.38. The molecular weight excluding hydrogens is 234 g/mol. The summed E-state index contributed by atoms with van der Waals surface area (Å²) in [7, 11) is 2.19. The van der Waals surface area contributed by atoms with Crippen molar-refractivity contribution in [2.75, 3.05) is 7.05 Å². The van der Waals surface area contributed by atoms with Gasteiger partial charge < -0.3 is 9.64 Å². The van der Waals surface area contributed by atoms with Crippen molar-refractivity contribution in [2.24, 2.45) is 0 Å². The van der Waals surface area contributed by atoms with E-state index in [1.807, 2.05) is 6.07 Å². The van der Waals surface area contributed by atoms with E-state index in [0.29, 0.717) is 12.6 Å². The third-order valence-corrected chi connectivity index (χ3v) is 4.15. The van der Waals surface area contributed by atoms with Crippen LogP contribution in [-0.4, -0.2) is 24.1 Å². The van der Waals surface area contributed by atoms with E-state index in [2.05, 4.69) is 55.3 Å². The molecule has 0 fully saturated rings. The number of rotatable bonds is 3. The molecule has 0 bridgehead atoms. The lowest BCUT2D eigenvalue weighted by Gasteiger charge is -2.29. The van der Waals surface area contributed by atoms with Crippen LogP contribution >= 0.6 is 0 Å². The summed E-state index contributed by atoms with van der Waals surface area (Å²) in [5.74, 6) is 0. The third kappa shape index (κ3) is 2.45. The lowest BCUT2D eigenvalue weighted by Crippen LogP contribution is -2.30. The highest BCUT2D eigenvalue weighted by Crippen LogP contribution is 2.35. The zero-order chi connectivity index (χ0) is 13.2. The molecule has 0 N–H and O–H groups in total. The van der Waals surface area contributed by atoms with Crippen LogP contribution in [0.1, 0.15) is 25.3 Å². The van der Waals surface area contributed by atoms with Crippen LogP contribution in [-0.2, 0) is 11.3 Å². The van der Waals surface area contributed by atoms with E-state index in [-0.39, 0.29) is 6.10 Å². The Balaban J connectivity index is 1.70. The molecule has 2 atom stereocenters. The van der Waals surface area contributed by atoms with Gasteiger partial charge in [-0.15, -0.1) is 0 Å². The molecule has 2 heteroatoms. The maximum absolute atomic E-state index is 6.15. The van der Waals surface area contributed by atoms with Gasteiger partial charge in [0.1, 0.15) is 6.10 Å². The van der Waals surface area contributed by atoms with Gasteiger partial charge in [-0.25, -0.2) is 0 Å². The Kier molecular flexibility index (Phi) is 3.43. The van der Waals surface area contributed by atoms with Crippen molar-refractivity contribution in [2.45, 2.75) is 38.5 Å². The summed E-state index contributed by atoms with van der Waals surface area (Å²) in [5, 5.41) is 0. The Bertz CT molecular complexity index is 503. The number of ether oxygens (including phenoxy) is 1. The Labute approximate surface area is 115 Å². The topological polar surface area (TPSA) is 12.5 Å². The van der Waals surface area contributed by atoms with Crippen molar-refractivity contribution in [1.82, 2.24) is 4.90 Å². The number of benzene rings is 1. The Morgan fingerprint density at radius 2 is 2.05 bits per heavy atom. The van der Waals surface area contributed by atoms with E-state index in [1.165, 1.54) is 16.8 Å². The van der Waals surface area contributed by atoms with E-state index in [4.69, 9.17) is 4.74 Å². The van der Waals surface area contributed by atoms with Crippen LogP contribution in [0.4, 0.5) is 0 Å². The van der Waals surface area contributed by atoms with Crippen LogP contribution < -0.4 is 0 Å². The quantitative estimate of drug-likeness (QED) is 0.819. The van der Waals surface area contributed by atoms with E-state index in [9.17, 15) is 0 Å². The summed E-state index contributed by atoms with van der Waals surface area (Å²) in [6.45, 7) is 2.97. The summed E-state index contributed by atoms with van der Waals surface area (Å²) < 4.78 is 6.15. The monoisotopic (exact) mass is 255 g/mol. The summed E-state index contributed by atoms with van der Waals surface area (Å²) in [5.41, 5.74) is 4.10. The van der Waals surface area contributed by atoms with Gasteiger partial charge >= 0.3 is 0 Å². The van der Waals surface area contributed by atoms with E-state index < -0.39 is 0 Å².